The van der Waals surface area contributed by atoms with Gasteiger partial charge in [0.05, 0.1) is 16.8 Å². The first-order chi connectivity index (χ1) is 12.7. The number of methoxy groups -OCH3 is 1. The van der Waals surface area contributed by atoms with Crippen molar-refractivity contribution in [3.63, 3.8) is 0 Å². The summed E-state index contributed by atoms with van der Waals surface area (Å²) in [6.07, 6.45) is 0. The molecule has 4 aromatic rings. The van der Waals surface area contributed by atoms with Crippen LogP contribution in [0.3, 0.4) is 0 Å². The van der Waals surface area contributed by atoms with Crippen molar-refractivity contribution in [1.82, 2.24) is 4.98 Å². The number of carbonyl (C=O) groups excluding carboxylic acids is 1. The van der Waals surface area contributed by atoms with Crippen molar-refractivity contribution in [1.29, 1.82) is 0 Å². The second-order valence-corrected chi connectivity index (χ2v) is 6.86. The van der Waals surface area contributed by atoms with Crippen molar-refractivity contribution in [2.75, 3.05) is 18.6 Å². The molecule has 0 bridgehead atoms. The summed E-state index contributed by atoms with van der Waals surface area (Å²) in [7, 11) is 1.61. The van der Waals surface area contributed by atoms with Crippen LogP contribution in [0.5, 0.6) is 0 Å². The molecule has 0 aliphatic carbocycles. The van der Waals surface area contributed by atoms with E-state index in [0.29, 0.717) is 29.6 Å². The summed E-state index contributed by atoms with van der Waals surface area (Å²) in [5.41, 5.74) is 2.34. The largest absolute Gasteiger partial charge is 0.450 e. The summed E-state index contributed by atoms with van der Waals surface area (Å²) in [6, 6.07) is 15.5. The van der Waals surface area contributed by atoms with E-state index in [0.717, 1.165) is 21.2 Å². The van der Waals surface area contributed by atoms with Gasteiger partial charge in [-0.2, -0.15) is 0 Å². The number of aromatic nitrogens is 1. The molecular formula is C20H18N2O3S. The molecule has 0 radical (unpaired) electrons. The second-order valence-electron chi connectivity index (χ2n) is 5.85. The van der Waals surface area contributed by atoms with E-state index in [1.807, 2.05) is 55.5 Å². The quantitative estimate of drug-likeness (QED) is 0.506. The highest BCUT2D eigenvalue weighted by Crippen LogP contribution is 2.32. The molecule has 0 spiro atoms. The van der Waals surface area contributed by atoms with Crippen molar-refractivity contribution in [2.45, 2.75) is 13.5 Å². The van der Waals surface area contributed by atoms with Crippen LogP contribution in [-0.2, 0) is 11.3 Å². The Morgan fingerprint density at radius 2 is 1.96 bits per heavy atom. The van der Waals surface area contributed by atoms with Crippen LogP contribution in [0.2, 0.25) is 0 Å². The third-order valence-corrected chi connectivity index (χ3v) is 5.32. The fraction of sp³-hybridized carbons (Fsp3) is 0.200. The fourth-order valence-corrected chi connectivity index (χ4v) is 4.05. The van der Waals surface area contributed by atoms with Crippen LogP contribution < -0.4 is 4.90 Å². The Morgan fingerprint density at radius 1 is 1.19 bits per heavy atom. The van der Waals surface area contributed by atoms with Gasteiger partial charge >= 0.3 is 0 Å². The molecule has 4 rings (SSSR count). The van der Waals surface area contributed by atoms with Crippen molar-refractivity contribution >= 4 is 43.6 Å². The third kappa shape index (κ3) is 2.77. The number of ether oxygens (including phenoxy) is 1. The average Bonchev–Trinajstić information content (AvgIpc) is 3.24. The first-order valence-corrected chi connectivity index (χ1v) is 9.21. The second kappa shape index (κ2) is 6.90. The third-order valence-electron chi connectivity index (χ3n) is 4.26. The Hall–Kier alpha value is -2.70. The molecule has 1 amide bonds. The maximum atomic E-state index is 13.3. The number of amides is 1. The summed E-state index contributed by atoms with van der Waals surface area (Å²) >= 11 is 1.50. The number of carbonyl (C=O) groups is 1. The highest BCUT2D eigenvalue weighted by atomic mass is 32.1. The van der Waals surface area contributed by atoms with Gasteiger partial charge in [0.2, 0.25) is 0 Å². The fourth-order valence-electron chi connectivity index (χ4n) is 3.02. The van der Waals surface area contributed by atoms with E-state index in [1.165, 1.54) is 11.3 Å². The number of fused-ring (bicyclic) bond motifs is 2. The van der Waals surface area contributed by atoms with E-state index in [-0.39, 0.29) is 5.91 Å². The predicted molar refractivity (Wildman–Crippen MR) is 104 cm³/mol. The summed E-state index contributed by atoms with van der Waals surface area (Å²) in [5.74, 6) is 0.115. The summed E-state index contributed by atoms with van der Waals surface area (Å²) in [5, 5.41) is 1.57. The van der Waals surface area contributed by atoms with E-state index >= 15 is 0 Å². The molecule has 0 atom stereocenters. The Morgan fingerprint density at radius 3 is 2.73 bits per heavy atom. The van der Waals surface area contributed by atoms with Gasteiger partial charge in [-0.1, -0.05) is 41.7 Å². The Kier molecular flexibility index (Phi) is 4.44. The lowest BCUT2D eigenvalue weighted by Crippen LogP contribution is -2.30. The smallest absolute Gasteiger partial charge is 0.296 e. The van der Waals surface area contributed by atoms with Gasteiger partial charge < -0.3 is 9.15 Å². The van der Waals surface area contributed by atoms with Crippen LogP contribution in [0.15, 0.2) is 52.9 Å². The molecule has 2 aromatic heterocycles. The average molecular weight is 366 g/mol. The number of hydrogen-bond donors (Lipinski definition) is 0. The van der Waals surface area contributed by atoms with E-state index in [1.54, 1.807) is 12.0 Å². The topological polar surface area (TPSA) is 55.6 Å². The molecule has 2 aromatic carbocycles. The maximum Gasteiger partial charge on any atom is 0.296 e. The zero-order valence-corrected chi connectivity index (χ0v) is 15.4. The van der Waals surface area contributed by atoms with Crippen molar-refractivity contribution in [3.8, 4) is 0 Å². The van der Waals surface area contributed by atoms with Crippen molar-refractivity contribution in [2.24, 2.45) is 0 Å². The minimum Gasteiger partial charge on any atom is -0.450 e. The van der Waals surface area contributed by atoms with E-state index < -0.39 is 0 Å². The zero-order valence-electron chi connectivity index (χ0n) is 14.6. The van der Waals surface area contributed by atoms with Gasteiger partial charge in [0, 0.05) is 24.6 Å². The molecule has 0 unspecified atom stereocenters. The number of hydrogen-bond acceptors (Lipinski definition) is 5. The number of rotatable bonds is 5. The molecular weight excluding hydrogens is 348 g/mol. The van der Waals surface area contributed by atoms with Crippen molar-refractivity contribution < 1.29 is 13.9 Å². The summed E-state index contributed by atoms with van der Waals surface area (Å²) < 4.78 is 12.3. The lowest BCUT2D eigenvalue weighted by molar-refractivity contribution is 0.0957. The van der Waals surface area contributed by atoms with Crippen LogP contribution in [-0.4, -0.2) is 24.5 Å². The van der Waals surface area contributed by atoms with Gasteiger partial charge in [0.25, 0.3) is 5.91 Å². The van der Waals surface area contributed by atoms with Crippen LogP contribution in [0.25, 0.3) is 21.2 Å². The van der Waals surface area contributed by atoms with E-state index in [9.17, 15) is 4.79 Å². The number of nitrogens with zero attached hydrogens (tertiary/aromatic N) is 2. The zero-order chi connectivity index (χ0) is 18.1. The van der Waals surface area contributed by atoms with Crippen LogP contribution in [0.1, 0.15) is 23.0 Å². The minimum atomic E-state index is -0.199. The molecule has 26 heavy (non-hydrogen) atoms. The predicted octanol–water partition coefficient (Wildman–Crippen LogP) is 4.86. The van der Waals surface area contributed by atoms with Crippen LogP contribution in [0.4, 0.5) is 5.13 Å². The monoisotopic (exact) mass is 366 g/mol. The van der Waals surface area contributed by atoms with Crippen LogP contribution >= 0.6 is 11.3 Å². The first kappa shape index (κ1) is 16.8. The molecule has 0 aliphatic rings. The van der Waals surface area contributed by atoms with Crippen molar-refractivity contribution in [3.05, 3.63) is 59.9 Å². The summed E-state index contributed by atoms with van der Waals surface area (Å²) in [4.78, 5) is 19.5. The molecule has 0 N–H and O–H groups in total. The molecule has 0 fully saturated rings. The number of benzene rings is 2. The molecule has 132 valence electrons. The lowest BCUT2D eigenvalue weighted by Gasteiger charge is -2.16. The molecule has 0 aliphatic heterocycles. The van der Waals surface area contributed by atoms with Gasteiger partial charge in [0.15, 0.2) is 10.9 Å². The number of furan rings is 1. The van der Waals surface area contributed by atoms with Gasteiger partial charge in [0.1, 0.15) is 5.58 Å². The first-order valence-electron chi connectivity index (χ1n) is 8.39. The standard InChI is InChI=1S/C20H18N2O3S/c1-3-22(20-21-15-9-5-7-11-17(15)26-20)19(23)18-14(12-24-2)13-8-4-6-10-16(13)25-18/h4-11H,3,12H2,1-2H3. The molecule has 6 heteroatoms. The highest BCUT2D eigenvalue weighted by Gasteiger charge is 2.27. The summed E-state index contributed by atoms with van der Waals surface area (Å²) in [6.45, 7) is 2.75. The highest BCUT2D eigenvalue weighted by molar-refractivity contribution is 7.22. The van der Waals surface area contributed by atoms with Gasteiger partial charge in [-0.05, 0) is 25.1 Å². The molecule has 0 saturated heterocycles. The number of thiazole rings is 1. The van der Waals surface area contributed by atoms with Gasteiger partial charge in [-0.25, -0.2) is 4.98 Å². The molecule has 5 nitrogen and oxygen atoms in total. The maximum absolute atomic E-state index is 13.3. The van der Waals surface area contributed by atoms with E-state index in [4.69, 9.17) is 9.15 Å². The lowest BCUT2D eigenvalue weighted by atomic mass is 10.1. The number of para-hydroxylation sites is 2. The van der Waals surface area contributed by atoms with Gasteiger partial charge in [-0.15, -0.1) is 0 Å². The molecule has 2 heterocycles. The Balaban J connectivity index is 1.80. The normalized spacial score (nSPS) is 11.3. The van der Waals surface area contributed by atoms with E-state index in [2.05, 4.69) is 4.98 Å². The number of anilines is 1. The molecule has 0 saturated carbocycles. The minimum absolute atomic E-state index is 0.199. The van der Waals surface area contributed by atoms with Crippen LogP contribution in [0, 0.1) is 0 Å². The SMILES string of the molecule is CCN(C(=O)c1oc2ccccc2c1COC)c1nc2ccccc2s1. The van der Waals surface area contributed by atoms with Gasteiger partial charge in [-0.3, -0.25) is 9.69 Å². The Bertz CT molecular complexity index is 1050. The Labute approximate surface area is 154 Å².